The summed E-state index contributed by atoms with van der Waals surface area (Å²) in [5.74, 6) is 1.23. The maximum Gasteiger partial charge on any atom is 0.258 e. The van der Waals surface area contributed by atoms with Crippen molar-refractivity contribution in [3.8, 4) is 17.2 Å². The Labute approximate surface area is 245 Å². The van der Waals surface area contributed by atoms with E-state index in [0.717, 1.165) is 11.1 Å². The van der Waals surface area contributed by atoms with Gasteiger partial charge in [-0.05, 0) is 54.3 Å². The van der Waals surface area contributed by atoms with Gasteiger partial charge in [-0.3, -0.25) is 19.1 Å². The Morgan fingerprint density at radius 1 is 1.10 bits per heavy atom. The molecular formula is C31H37N5O6. The number of likely N-dealkylation sites (tertiary alicyclic amines) is 1. The van der Waals surface area contributed by atoms with Crippen molar-refractivity contribution in [2.75, 3.05) is 26.8 Å². The minimum Gasteiger partial charge on any atom is -0.493 e. The summed E-state index contributed by atoms with van der Waals surface area (Å²) in [4.78, 5) is 40.4. The van der Waals surface area contributed by atoms with E-state index in [9.17, 15) is 14.4 Å². The second-order valence-electron chi connectivity index (χ2n) is 10.5. The van der Waals surface area contributed by atoms with Gasteiger partial charge < -0.3 is 29.7 Å². The molecule has 3 aromatic rings. The molecule has 5 aliphatic rings. The smallest absolute Gasteiger partial charge is 0.258 e. The molecule has 2 aromatic carbocycles. The van der Waals surface area contributed by atoms with Crippen LogP contribution >= 0.6 is 0 Å². The summed E-state index contributed by atoms with van der Waals surface area (Å²) in [5.41, 5.74) is 1.88. The number of benzene rings is 2. The summed E-state index contributed by atoms with van der Waals surface area (Å²) in [6, 6.07) is 14.4. The van der Waals surface area contributed by atoms with Gasteiger partial charge in [0.05, 0.1) is 13.2 Å². The Hall–Kier alpha value is -4.54. The first-order chi connectivity index (χ1) is 20.5. The van der Waals surface area contributed by atoms with Crippen LogP contribution in [0.25, 0.3) is 0 Å². The minimum atomic E-state index is -0.432. The fourth-order valence-corrected chi connectivity index (χ4v) is 5.21. The summed E-state index contributed by atoms with van der Waals surface area (Å²) in [7, 11) is 1.53. The summed E-state index contributed by atoms with van der Waals surface area (Å²) in [6.45, 7) is 1.71. The zero-order valence-corrected chi connectivity index (χ0v) is 23.8. The number of hydrogen-bond acceptors (Lipinski definition) is 7. The predicted molar refractivity (Wildman–Crippen MR) is 154 cm³/mol. The van der Waals surface area contributed by atoms with Gasteiger partial charge in [0.2, 0.25) is 11.8 Å². The van der Waals surface area contributed by atoms with E-state index >= 15 is 0 Å². The standard InChI is InChI=1S/C31H37N5O6/c1-40-28-18-22-7-11-27(28)41-21-30(38)34-25-20-35(31(39)4-2-15-36-16-3-14-33-36)17-13-26(25)42-24-9-5-23(6-10-24)19-32-29(37)12-8-22/h3,5-7,9-11,14,16,18,25-26H,2,4,8,12-13,15,17,19-21H2,1H3,(H,32,37)(H,34,38)/t25-,26-/m1/s1. The van der Waals surface area contributed by atoms with Crippen LogP contribution < -0.4 is 24.8 Å². The van der Waals surface area contributed by atoms with E-state index in [1.54, 1.807) is 17.2 Å². The molecule has 0 radical (unpaired) electrons. The fourth-order valence-electron chi connectivity index (χ4n) is 5.21. The number of hydrogen-bond donors (Lipinski definition) is 2. The Morgan fingerprint density at radius 3 is 2.71 bits per heavy atom. The molecule has 1 aromatic heterocycles. The molecule has 8 rings (SSSR count). The van der Waals surface area contributed by atoms with Gasteiger partial charge in [0.15, 0.2) is 18.1 Å². The summed E-state index contributed by atoms with van der Waals surface area (Å²) < 4.78 is 19.4. The highest BCUT2D eigenvalue weighted by molar-refractivity contribution is 5.79. The molecule has 3 amide bonds. The van der Waals surface area contributed by atoms with Crippen LogP contribution in [0.2, 0.25) is 0 Å². The van der Waals surface area contributed by atoms with E-state index < -0.39 is 6.04 Å². The lowest BCUT2D eigenvalue weighted by Gasteiger charge is -2.39. The van der Waals surface area contributed by atoms with Gasteiger partial charge in [-0.15, -0.1) is 0 Å². The first-order valence-corrected chi connectivity index (χ1v) is 14.3. The Bertz CT molecular complexity index is 1360. The lowest BCUT2D eigenvalue weighted by Crippen LogP contribution is -2.58. The second-order valence-corrected chi connectivity index (χ2v) is 10.5. The molecule has 1 fully saturated rings. The van der Waals surface area contributed by atoms with Gasteiger partial charge in [0.25, 0.3) is 5.91 Å². The minimum absolute atomic E-state index is 0.0359. The monoisotopic (exact) mass is 575 g/mol. The van der Waals surface area contributed by atoms with E-state index in [1.807, 2.05) is 53.3 Å². The van der Waals surface area contributed by atoms with Crippen molar-refractivity contribution in [2.45, 2.75) is 57.3 Å². The highest BCUT2D eigenvalue weighted by Gasteiger charge is 2.34. The normalized spacial score (nSPS) is 19.6. The molecule has 0 saturated carbocycles. The molecule has 6 heterocycles. The van der Waals surface area contributed by atoms with E-state index in [-0.39, 0.29) is 30.4 Å². The number of amides is 3. The highest BCUT2D eigenvalue weighted by atomic mass is 16.5. The number of rotatable bonds is 5. The van der Waals surface area contributed by atoms with Gasteiger partial charge in [-0.25, -0.2) is 0 Å². The summed E-state index contributed by atoms with van der Waals surface area (Å²) in [5, 5.41) is 10.2. The molecule has 5 aliphatic heterocycles. The first-order valence-electron chi connectivity index (χ1n) is 14.3. The Balaban J connectivity index is 1.30. The van der Waals surface area contributed by atoms with Crippen LogP contribution in [0, 0.1) is 0 Å². The van der Waals surface area contributed by atoms with Crippen LogP contribution in [-0.4, -0.2) is 71.4 Å². The van der Waals surface area contributed by atoms with Gasteiger partial charge in [-0.2, -0.15) is 5.10 Å². The van der Waals surface area contributed by atoms with Crippen molar-refractivity contribution >= 4 is 17.7 Å². The topological polar surface area (TPSA) is 124 Å². The molecule has 222 valence electrons. The average molecular weight is 576 g/mol. The third-order valence-electron chi connectivity index (χ3n) is 7.51. The van der Waals surface area contributed by atoms with E-state index in [4.69, 9.17) is 14.2 Å². The highest BCUT2D eigenvalue weighted by Crippen LogP contribution is 2.29. The number of aromatic nitrogens is 2. The Morgan fingerprint density at radius 2 is 1.93 bits per heavy atom. The van der Waals surface area contributed by atoms with Crippen LogP contribution in [0.5, 0.6) is 17.2 Å². The lowest BCUT2D eigenvalue weighted by atomic mass is 10.0. The first kappa shape index (κ1) is 29.0. The van der Waals surface area contributed by atoms with Crippen molar-refractivity contribution < 1.29 is 28.6 Å². The largest absolute Gasteiger partial charge is 0.493 e. The van der Waals surface area contributed by atoms with E-state index in [1.165, 1.54) is 7.11 Å². The van der Waals surface area contributed by atoms with Crippen LogP contribution in [0.15, 0.2) is 60.9 Å². The molecule has 0 aliphatic carbocycles. The zero-order chi connectivity index (χ0) is 29.3. The van der Waals surface area contributed by atoms with Crippen molar-refractivity contribution in [1.29, 1.82) is 0 Å². The van der Waals surface area contributed by atoms with E-state index in [0.29, 0.717) is 75.5 Å². The number of nitrogens with zero attached hydrogens (tertiary/aromatic N) is 3. The molecule has 1 saturated heterocycles. The van der Waals surface area contributed by atoms with Crippen LogP contribution in [0.1, 0.15) is 36.8 Å². The molecule has 11 heteroatoms. The molecule has 2 atom stereocenters. The summed E-state index contributed by atoms with van der Waals surface area (Å²) >= 11 is 0. The molecule has 2 N–H and O–H groups in total. The third-order valence-corrected chi connectivity index (χ3v) is 7.51. The maximum atomic E-state index is 13.1. The third kappa shape index (κ3) is 7.80. The number of piperidine rings is 1. The Kier molecular flexibility index (Phi) is 9.58. The molecule has 0 spiro atoms. The second kappa shape index (κ2) is 13.9. The van der Waals surface area contributed by atoms with E-state index in [2.05, 4.69) is 15.7 Å². The van der Waals surface area contributed by atoms with Crippen LogP contribution in [0.3, 0.4) is 0 Å². The van der Waals surface area contributed by atoms with Gasteiger partial charge in [0, 0.05) is 57.8 Å². The molecule has 42 heavy (non-hydrogen) atoms. The molecule has 0 unspecified atom stereocenters. The number of methoxy groups -OCH3 is 1. The number of ether oxygens (including phenoxy) is 3. The van der Waals surface area contributed by atoms with Crippen LogP contribution in [0.4, 0.5) is 0 Å². The number of carbonyl (C=O) groups excluding carboxylic acids is 3. The predicted octanol–water partition coefficient (Wildman–Crippen LogP) is 2.48. The molecular weight excluding hydrogens is 538 g/mol. The van der Waals surface area contributed by atoms with Gasteiger partial charge >= 0.3 is 0 Å². The number of nitrogens with one attached hydrogen (secondary N) is 2. The average Bonchev–Trinajstić information content (AvgIpc) is 3.52. The van der Waals surface area contributed by atoms with Gasteiger partial charge in [-0.1, -0.05) is 18.2 Å². The fraction of sp³-hybridized carbons (Fsp3) is 0.419. The molecule has 11 nitrogen and oxygen atoms in total. The van der Waals surface area contributed by atoms with Gasteiger partial charge in [0.1, 0.15) is 11.9 Å². The molecule has 4 bridgehead atoms. The van der Waals surface area contributed by atoms with Crippen molar-refractivity contribution in [3.63, 3.8) is 0 Å². The number of aryl methyl sites for hydroxylation is 2. The number of carbonyl (C=O) groups is 3. The van der Waals surface area contributed by atoms with Crippen molar-refractivity contribution in [3.05, 3.63) is 72.1 Å². The van der Waals surface area contributed by atoms with Crippen molar-refractivity contribution in [1.82, 2.24) is 25.3 Å². The summed E-state index contributed by atoms with van der Waals surface area (Å²) in [6.07, 6.45) is 5.76. The zero-order valence-electron chi connectivity index (χ0n) is 23.8. The SMILES string of the molecule is COc1cc2ccc1OCC(=O)N[C@@H]1CN(C(=O)CCCn3cccn3)CC[C@H]1Oc1ccc(cc1)CNC(=O)CC2. The maximum absolute atomic E-state index is 13.1. The lowest BCUT2D eigenvalue weighted by molar-refractivity contribution is -0.135. The quantitative estimate of drug-likeness (QED) is 0.479. The van der Waals surface area contributed by atoms with Crippen molar-refractivity contribution in [2.24, 2.45) is 0 Å². The van der Waals surface area contributed by atoms with Crippen LogP contribution in [-0.2, 0) is 33.9 Å².